The van der Waals surface area contributed by atoms with Gasteiger partial charge < -0.3 is 4.90 Å². The number of hydrogen-bond acceptors (Lipinski definition) is 1. The third-order valence-electron chi connectivity index (χ3n) is 3.03. The zero-order chi connectivity index (χ0) is 12.1. The normalized spacial score (nSPS) is 16.7. The molecule has 0 atom stereocenters. The average molecular weight is 227 g/mol. The Hall–Kier alpha value is -0.0400. The highest BCUT2D eigenvalue weighted by molar-refractivity contribution is 4.64. The lowest BCUT2D eigenvalue weighted by Crippen LogP contribution is -2.30. The molecule has 0 amide bonds. The largest absolute Gasteiger partial charge is 0.303 e. The van der Waals surface area contributed by atoms with Crippen LogP contribution in [0.5, 0.6) is 0 Å². The Labute approximate surface area is 104 Å². The zero-order valence-corrected chi connectivity index (χ0v) is 11.9. The summed E-state index contributed by atoms with van der Waals surface area (Å²) in [5.74, 6) is 0. The van der Waals surface area contributed by atoms with E-state index in [1.807, 2.05) is 0 Å². The SMILES string of the molecule is CCC.CCCCCCCN1CCCCC1. The van der Waals surface area contributed by atoms with Crippen molar-refractivity contribution in [1.82, 2.24) is 4.90 Å². The van der Waals surface area contributed by atoms with Gasteiger partial charge in [-0.3, -0.25) is 0 Å². The Bertz CT molecular complexity index is 117. The van der Waals surface area contributed by atoms with Gasteiger partial charge in [-0.2, -0.15) is 0 Å². The van der Waals surface area contributed by atoms with Crippen molar-refractivity contribution in [3.63, 3.8) is 0 Å². The monoisotopic (exact) mass is 227 g/mol. The van der Waals surface area contributed by atoms with E-state index in [0.29, 0.717) is 0 Å². The minimum absolute atomic E-state index is 1.25. The second kappa shape index (κ2) is 13.0. The first-order chi connectivity index (χ1) is 7.85. The van der Waals surface area contributed by atoms with E-state index in [4.69, 9.17) is 0 Å². The molecule has 16 heavy (non-hydrogen) atoms. The Morgan fingerprint density at radius 2 is 1.31 bits per heavy atom. The Kier molecular flexibility index (Phi) is 13.0. The second-order valence-electron chi connectivity index (χ2n) is 5.02. The molecule has 0 aromatic rings. The molecule has 0 unspecified atom stereocenters. The lowest BCUT2D eigenvalue weighted by molar-refractivity contribution is 0.224. The molecule has 1 rings (SSSR count). The predicted octanol–water partition coefficient (Wildman–Crippen LogP) is 4.86. The van der Waals surface area contributed by atoms with Gasteiger partial charge in [-0.15, -0.1) is 0 Å². The standard InChI is InChI=1S/C12H25N.C3H8/c1-2-3-4-5-7-10-13-11-8-6-9-12-13;1-3-2/h2-12H2,1H3;3H2,1-2H3. The summed E-state index contributed by atoms with van der Waals surface area (Å²) in [6, 6.07) is 0. The van der Waals surface area contributed by atoms with Gasteiger partial charge in [0.2, 0.25) is 0 Å². The van der Waals surface area contributed by atoms with E-state index < -0.39 is 0 Å². The Morgan fingerprint density at radius 1 is 0.750 bits per heavy atom. The first-order valence-electron chi connectivity index (χ1n) is 7.57. The van der Waals surface area contributed by atoms with Gasteiger partial charge in [0, 0.05) is 0 Å². The molecule has 1 nitrogen and oxygen atoms in total. The molecule has 0 aromatic carbocycles. The molecule has 1 aliphatic heterocycles. The number of piperidine rings is 1. The van der Waals surface area contributed by atoms with Crippen molar-refractivity contribution < 1.29 is 0 Å². The first kappa shape index (κ1) is 16.0. The number of unbranched alkanes of at least 4 members (excludes halogenated alkanes) is 4. The molecule has 0 radical (unpaired) electrons. The van der Waals surface area contributed by atoms with Crippen molar-refractivity contribution in [3.05, 3.63) is 0 Å². The second-order valence-corrected chi connectivity index (χ2v) is 5.02. The quantitative estimate of drug-likeness (QED) is 0.586. The third kappa shape index (κ3) is 10.5. The topological polar surface area (TPSA) is 3.24 Å². The van der Waals surface area contributed by atoms with Crippen LogP contribution in [0.1, 0.15) is 78.6 Å². The van der Waals surface area contributed by atoms with Gasteiger partial charge in [0.05, 0.1) is 0 Å². The predicted molar refractivity (Wildman–Crippen MR) is 75.0 cm³/mol. The smallest absolute Gasteiger partial charge is 0.00187 e. The summed E-state index contributed by atoms with van der Waals surface area (Å²) in [4.78, 5) is 2.65. The maximum Gasteiger partial charge on any atom is -0.00187 e. The van der Waals surface area contributed by atoms with Crippen LogP contribution < -0.4 is 0 Å². The van der Waals surface area contributed by atoms with Crippen LogP contribution in [0, 0.1) is 0 Å². The molecular formula is C15H33N. The van der Waals surface area contributed by atoms with Gasteiger partial charge in [-0.1, -0.05) is 59.3 Å². The van der Waals surface area contributed by atoms with E-state index in [9.17, 15) is 0 Å². The lowest BCUT2D eigenvalue weighted by atomic mass is 10.1. The summed E-state index contributed by atoms with van der Waals surface area (Å²) in [7, 11) is 0. The van der Waals surface area contributed by atoms with Crippen LogP contribution in [-0.4, -0.2) is 24.5 Å². The fourth-order valence-corrected chi connectivity index (χ4v) is 2.12. The van der Waals surface area contributed by atoms with Crippen LogP contribution in [0.2, 0.25) is 0 Å². The van der Waals surface area contributed by atoms with Gasteiger partial charge in [-0.05, 0) is 38.9 Å². The minimum atomic E-state index is 1.25. The van der Waals surface area contributed by atoms with Crippen molar-refractivity contribution in [1.29, 1.82) is 0 Å². The van der Waals surface area contributed by atoms with Gasteiger partial charge in [0.15, 0.2) is 0 Å². The number of rotatable bonds is 6. The van der Waals surface area contributed by atoms with Crippen LogP contribution in [-0.2, 0) is 0 Å². The van der Waals surface area contributed by atoms with E-state index in [2.05, 4.69) is 25.7 Å². The van der Waals surface area contributed by atoms with Crippen molar-refractivity contribution in [2.75, 3.05) is 19.6 Å². The van der Waals surface area contributed by atoms with Crippen LogP contribution >= 0.6 is 0 Å². The maximum absolute atomic E-state index is 2.65. The summed E-state index contributed by atoms with van der Waals surface area (Å²) in [5, 5.41) is 0. The van der Waals surface area contributed by atoms with E-state index >= 15 is 0 Å². The van der Waals surface area contributed by atoms with Crippen LogP contribution in [0.4, 0.5) is 0 Å². The number of nitrogens with zero attached hydrogens (tertiary/aromatic N) is 1. The molecule has 1 heteroatoms. The summed E-state index contributed by atoms with van der Waals surface area (Å²) >= 11 is 0. The van der Waals surface area contributed by atoms with E-state index in [1.54, 1.807) is 0 Å². The molecule has 0 N–H and O–H groups in total. The molecule has 0 saturated carbocycles. The molecule has 0 spiro atoms. The molecule has 1 fully saturated rings. The summed E-state index contributed by atoms with van der Waals surface area (Å²) < 4.78 is 0. The van der Waals surface area contributed by atoms with Crippen molar-refractivity contribution in [2.45, 2.75) is 78.6 Å². The highest BCUT2D eigenvalue weighted by atomic mass is 15.1. The maximum atomic E-state index is 2.65. The molecular weight excluding hydrogens is 194 g/mol. The highest BCUT2D eigenvalue weighted by Gasteiger charge is 2.08. The number of likely N-dealkylation sites (tertiary alicyclic amines) is 1. The van der Waals surface area contributed by atoms with Gasteiger partial charge >= 0.3 is 0 Å². The molecule has 1 aliphatic rings. The molecule has 98 valence electrons. The highest BCUT2D eigenvalue weighted by Crippen LogP contribution is 2.10. The fraction of sp³-hybridized carbons (Fsp3) is 1.00. The van der Waals surface area contributed by atoms with Crippen molar-refractivity contribution in [3.8, 4) is 0 Å². The van der Waals surface area contributed by atoms with E-state index in [-0.39, 0.29) is 0 Å². The van der Waals surface area contributed by atoms with Gasteiger partial charge in [0.25, 0.3) is 0 Å². The van der Waals surface area contributed by atoms with Crippen molar-refractivity contribution >= 4 is 0 Å². The lowest BCUT2D eigenvalue weighted by Gasteiger charge is -2.26. The molecule has 1 saturated heterocycles. The Balaban J connectivity index is 0.000000673. The fourth-order valence-electron chi connectivity index (χ4n) is 2.12. The molecule has 0 aromatic heterocycles. The number of hydrogen-bond donors (Lipinski definition) is 0. The summed E-state index contributed by atoms with van der Waals surface area (Å²) in [6.45, 7) is 10.6. The minimum Gasteiger partial charge on any atom is -0.303 e. The van der Waals surface area contributed by atoms with E-state index in [0.717, 1.165) is 0 Å². The first-order valence-corrected chi connectivity index (χ1v) is 7.57. The van der Waals surface area contributed by atoms with Crippen LogP contribution in [0.3, 0.4) is 0 Å². The van der Waals surface area contributed by atoms with Gasteiger partial charge in [-0.25, -0.2) is 0 Å². The molecule has 1 heterocycles. The third-order valence-corrected chi connectivity index (χ3v) is 3.03. The average Bonchev–Trinajstić information content (AvgIpc) is 2.31. The molecule has 0 aliphatic carbocycles. The van der Waals surface area contributed by atoms with Crippen molar-refractivity contribution in [2.24, 2.45) is 0 Å². The van der Waals surface area contributed by atoms with E-state index in [1.165, 1.54) is 77.4 Å². The Morgan fingerprint density at radius 3 is 1.88 bits per heavy atom. The van der Waals surface area contributed by atoms with Crippen LogP contribution in [0.15, 0.2) is 0 Å². The summed E-state index contributed by atoms with van der Waals surface area (Å²) in [5.41, 5.74) is 0. The molecule has 0 bridgehead atoms. The summed E-state index contributed by atoms with van der Waals surface area (Å²) in [6.07, 6.45) is 12.7. The van der Waals surface area contributed by atoms with Gasteiger partial charge in [0.1, 0.15) is 0 Å². The van der Waals surface area contributed by atoms with Crippen LogP contribution in [0.25, 0.3) is 0 Å². The zero-order valence-electron chi connectivity index (χ0n) is 11.9.